The van der Waals surface area contributed by atoms with E-state index < -0.39 is 10.0 Å². The normalized spacial score (nSPS) is 23.7. The molecule has 0 bridgehead atoms. The summed E-state index contributed by atoms with van der Waals surface area (Å²) < 4.78 is 25.6. The van der Waals surface area contributed by atoms with Crippen molar-refractivity contribution in [1.82, 2.24) is 4.31 Å². The molecule has 15 heavy (non-hydrogen) atoms. The van der Waals surface area contributed by atoms with E-state index in [0.717, 1.165) is 12.2 Å². The van der Waals surface area contributed by atoms with Crippen LogP contribution < -0.4 is 0 Å². The number of nitrogens with zero attached hydrogens (tertiary/aromatic N) is 1. The lowest BCUT2D eigenvalue weighted by atomic mass is 10.1. The summed E-state index contributed by atoms with van der Waals surface area (Å²) in [5, 5.41) is 0. The third-order valence-corrected chi connectivity index (χ3v) is 6.10. The molecule has 0 amide bonds. The predicted octanol–water partition coefficient (Wildman–Crippen LogP) is 1.94. The fourth-order valence-electron chi connectivity index (χ4n) is 1.67. The van der Waals surface area contributed by atoms with Gasteiger partial charge in [0.25, 0.3) is 0 Å². The van der Waals surface area contributed by atoms with E-state index in [1.165, 1.54) is 0 Å². The van der Waals surface area contributed by atoms with E-state index in [9.17, 15) is 8.42 Å². The van der Waals surface area contributed by atoms with Gasteiger partial charge in [-0.15, -0.1) is 0 Å². The van der Waals surface area contributed by atoms with Gasteiger partial charge in [-0.1, -0.05) is 20.8 Å². The molecule has 0 saturated carbocycles. The van der Waals surface area contributed by atoms with Crippen molar-refractivity contribution in [3.63, 3.8) is 0 Å². The van der Waals surface area contributed by atoms with Crippen LogP contribution in [0.1, 0.15) is 33.6 Å². The summed E-state index contributed by atoms with van der Waals surface area (Å²) in [4.78, 5) is 0. The highest BCUT2D eigenvalue weighted by atomic mass is 32.2. The Hall–Kier alpha value is 0.260. The molecular formula is C10H21NO2S2. The van der Waals surface area contributed by atoms with E-state index in [2.05, 4.69) is 13.8 Å². The molecule has 0 unspecified atom stereocenters. The van der Waals surface area contributed by atoms with E-state index in [0.29, 0.717) is 19.5 Å². The summed E-state index contributed by atoms with van der Waals surface area (Å²) in [6.45, 7) is 7.65. The molecule has 1 rings (SSSR count). The second kappa shape index (κ2) is 5.06. The van der Waals surface area contributed by atoms with Gasteiger partial charge >= 0.3 is 0 Å². The highest BCUT2D eigenvalue weighted by Crippen LogP contribution is 2.31. The maximum absolute atomic E-state index is 11.9. The van der Waals surface area contributed by atoms with E-state index in [4.69, 9.17) is 0 Å². The van der Waals surface area contributed by atoms with Crippen molar-refractivity contribution in [3.8, 4) is 0 Å². The fraction of sp³-hybridized carbons (Fsp3) is 1.00. The minimum Gasteiger partial charge on any atom is -0.212 e. The molecule has 1 fully saturated rings. The molecule has 0 aromatic rings. The molecular weight excluding hydrogens is 230 g/mol. The molecule has 0 aromatic carbocycles. The number of thioether (sulfide) groups is 1. The minimum absolute atomic E-state index is 0.219. The molecule has 1 heterocycles. The van der Waals surface area contributed by atoms with Crippen molar-refractivity contribution in [1.29, 1.82) is 0 Å². The Kier molecular flexibility index (Phi) is 4.50. The zero-order valence-electron chi connectivity index (χ0n) is 9.82. The van der Waals surface area contributed by atoms with E-state index in [-0.39, 0.29) is 10.5 Å². The number of rotatable bonds is 3. The molecule has 1 aliphatic heterocycles. The van der Waals surface area contributed by atoms with Crippen LogP contribution in [0.5, 0.6) is 0 Å². The third kappa shape index (κ3) is 3.96. The number of sulfonamides is 1. The van der Waals surface area contributed by atoms with Gasteiger partial charge in [-0.3, -0.25) is 0 Å². The van der Waals surface area contributed by atoms with Crippen LogP contribution in [-0.2, 0) is 10.0 Å². The van der Waals surface area contributed by atoms with Gasteiger partial charge < -0.3 is 0 Å². The minimum atomic E-state index is -2.99. The van der Waals surface area contributed by atoms with Crippen LogP contribution in [0.25, 0.3) is 0 Å². The Bertz CT molecular complexity index is 299. The lowest BCUT2D eigenvalue weighted by Crippen LogP contribution is -2.35. The average Bonchev–Trinajstić information content (AvgIpc) is 2.26. The molecule has 0 aliphatic carbocycles. The topological polar surface area (TPSA) is 37.4 Å². The Morgan fingerprint density at radius 3 is 2.60 bits per heavy atom. The zero-order chi connectivity index (χ0) is 11.5. The Morgan fingerprint density at radius 2 is 2.00 bits per heavy atom. The first-order valence-corrected chi connectivity index (χ1v) is 8.09. The second-order valence-electron chi connectivity index (χ2n) is 4.57. The summed E-state index contributed by atoms with van der Waals surface area (Å²) in [7, 11) is -2.99. The second-order valence-corrected chi connectivity index (χ2v) is 8.46. The van der Waals surface area contributed by atoms with Crippen molar-refractivity contribution < 1.29 is 8.42 Å². The van der Waals surface area contributed by atoms with Gasteiger partial charge in [-0.05, 0) is 12.8 Å². The van der Waals surface area contributed by atoms with Gasteiger partial charge in [0.1, 0.15) is 0 Å². The van der Waals surface area contributed by atoms with Crippen LogP contribution in [0.15, 0.2) is 0 Å². The first-order chi connectivity index (χ1) is 6.87. The standard InChI is InChI=1S/C10H21NO2S2/c1-4-9-15(12,13)11-6-5-10(2,3)14-8-7-11/h4-9H2,1-3H3. The number of hydrogen-bond donors (Lipinski definition) is 0. The monoisotopic (exact) mass is 251 g/mol. The Labute approximate surface area is 97.7 Å². The fourth-order valence-corrected chi connectivity index (χ4v) is 4.40. The molecule has 1 aliphatic rings. The third-order valence-electron chi connectivity index (χ3n) is 2.65. The van der Waals surface area contributed by atoms with Crippen molar-refractivity contribution in [3.05, 3.63) is 0 Å². The van der Waals surface area contributed by atoms with E-state index in [1.807, 2.05) is 18.7 Å². The predicted molar refractivity (Wildman–Crippen MR) is 66.8 cm³/mol. The van der Waals surface area contributed by atoms with Crippen molar-refractivity contribution >= 4 is 21.8 Å². The average molecular weight is 251 g/mol. The van der Waals surface area contributed by atoms with Gasteiger partial charge in [-0.2, -0.15) is 11.8 Å². The Morgan fingerprint density at radius 1 is 1.33 bits per heavy atom. The quantitative estimate of drug-likeness (QED) is 0.769. The largest absolute Gasteiger partial charge is 0.214 e. The molecule has 1 saturated heterocycles. The van der Waals surface area contributed by atoms with E-state index in [1.54, 1.807) is 4.31 Å². The molecule has 5 heteroatoms. The SMILES string of the molecule is CCCS(=O)(=O)N1CCSC(C)(C)CC1. The summed E-state index contributed by atoms with van der Waals surface area (Å²) in [5.74, 6) is 1.20. The lowest BCUT2D eigenvalue weighted by molar-refractivity contribution is 0.415. The molecule has 3 nitrogen and oxygen atoms in total. The summed E-state index contributed by atoms with van der Waals surface area (Å²) in [5.41, 5.74) is 0. The molecule has 0 N–H and O–H groups in total. The first-order valence-electron chi connectivity index (χ1n) is 5.49. The van der Waals surface area contributed by atoms with Crippen LogP contribution in [0.2, 0.25) is 0 Å². The van der Waals surface area contributed by atoms with E-state index >= 15 is 0 Å². The molecule has 90 valence electrons. The highest BCUT2D eigenvalue weighted by Gasteiger charge is 2.28. The van der Waals surface area contributed by atoms with Crippen molar-refractivity contribution in [2.75, 3.05) is 24.6 Å². The van der Waals surface area contributed by atoms with Crippen LogP contribution in [0.4, 0.5) is 0 Å². The molecule has 0 aromatic heterocycles. The Balaban J connectivity index is 2.66. The molecule has 0 spiro atoms. The zero-order valence-corrected chi connectivity index (χ0v) is 11.5. The maximum atomic E-state index is 11.9. The maximum Gasteiger partial charge on any atom is 0.214 e. The van der Waals surface area contributed by atoms with Crippen LogP contribution in [0, 0.1) is 0 Å². The summed E-state index contributed by atoms with van der Waals surface area (Å²) >= 11 is 1.87. The summed E-state index contributed by atoms with van der Waals surface area (Å²) in [6, 6.07) is 0. The van der Waals surface area contributed by atoms with Crippen LogP contribution in [-0.4, -0.2) is 42.1 Å². The van der Waals surface area contributed by atoms with Gasteiger partial charge in [0.2, 0.25) is 10.0 Å². The molecule has 0 radical (unpaired) electrons. The van der Waals surface area contributed by atoms with Gasteiger partial charge in [0, 0.05) is 23.6 Å². The van der Waals surface area contributed by atoms with Crippen molar-refractivity contribution in [2.24, 2.45) is 0 Å². The van der Waals surface area contributed by atoms with Crippen molar-refractivity contribution in [2.45, 2.75) is 38.4 Å². The lowest BCUT2D eigenvalue weighted by Gasteiger charge is -2.22. The van der Waals surface area contributed by atoms with Gasteiger partial charge in [-0.25, -0.2) is 12.7 Å². The van der Waals surface area contributed by atoms with Crippen LogP contribution in [0.3, 0.4) is 0 Å². The van der Waals surface area contributed by atoms with Crippen LogP contribution >= 0.6 is 11.8 Å². The summed E-state index contributed by atoms with van der Waals surface area (Å²) in [6.07, 6.45) is 1.65. The first kappa shape index (κ1) is 13.3. The van der Waals surface area contributed by atoms with Gasteiger partial charge in [0.05, 0.1) is 5.75 Å². The number of hydrogen-bond acceptors (Lipinski definition) is 3. The smallest absolute Gasteiger partial charge is 0.212 e. The molecule has 0 atom stereocenters. The highest BCUT2D eigenvalue weighted by molar-refractivity contribution is 8.00. The van der Waals surface area contributed by atoms with Gasteiger partial charge in [0.15, 0.2) is 0 Å².